The number of benzene rings is 1. The Kier molecular flexibility index (Phi) is 6.06. The second-order valence-corrected chi connectivity index (χ2v) is 4.77. The molecule has 0 heterocycles. The van der Waals surface area contributed by atoms with Crippen LogP contribution in [0.1, 0.15) is 25.3 Å². The van der Waals surface area contributed by atoms with Crippen LogP contribution in [-0.4, -0.2) is 8.42 Å². The Labute approximate surface area is 128 Å². The molecule has 0 fully saturated rings. The van der Waals surface area contributed by atoms with Crippen LogP contribution >= 0.6 is 0 Å². The average molecular weight is 238 g/mol. The maximum Gasteiger partial charge on any atom is 1.00 e. The van der Waals surface area contributed by atoms with Crippen molar-refractivity contribution in [2.24, 2.45) is 5.14 Å². The van der Waals surface area contributed by atoms with Gasteiger partial charge >= 0.3 is 51.4 Å². The molecule has 0 aromatic heterocycles. The van der Waals surface area contributed by atoms with Gasteiger partial charge in [-0.25, -0.2) is 13.6 Å². The molecule has 2 N–H and O–H groups in total. The van der Waals surface area contributed by atoms with Crippen molar-refractivity contribution in [3.63, 3.8) is 0 Å². The van der Waals surface area contributed by atoms with E-state index in [0.29, 0.717) is 0 Å². The van der Waals surface area contributed by atoms with Crippen molar-refractivity contribution in [1.82, 2.24) is 0 Å². The minimum Gasteiger partial charge on any atom is -0.225 e. The van der Waals surface area contributed by atoms with Crippen LogP contribution < -0.4 is 56.5 Å². The maximum absolute atomic E-state index is 11.1. The Morgan fingerprint density at radius 2 is 1.71 bits per heavy atom. The maximum atomic E-state index is 11.1. The monoisotopic (exact) mass is 238 g/mol. The van der Waals surface area contributed by atoms with Crippen LogP contribution in [0.2, 0.25) is 0 Å². The molecule has 1 rings (SSSR count). The molecule has 0 atom stereocenters. The van der Waals surface area contributed by atoms with Crippen LogP contribution in [0.15, 0.2) is 29.2 Å². The van der Waals surface area contributed by atoms with Gasteiger partial charge in [-0.15, -0.1) is 0 Å². The van der Waals surface area contributed by atoms with E-state index in [4.69, 9.17) is 5.14 Å². The van der Waals surface area contributed by atoms with Gasteiger partial charge in [0.25, 0.3) is 0 Å². The molecule has 0 aliphatic heterocycles. The van der Waals surface area contributed by atoms with E-state index in [9.17, 15) is 8.42 Å². The fraction of sp³-hybridized carbons (Fsp3) is 0.333. The quantitative estimate of drug-likeness (QED) is 0.635. The van der Waals surface area contributed by atoms with Gasteiger partial charge in [0, 0.05) is 0 Å². The summed E-state index contributed by atoms with van der Waals surface area (Å²) >= 11 is 0. The van der Waals surface area contributed by atoms with Gasteiger partial charge < -0.3 is 0 Å². The van der Waals surface area contributed by atoms with Crippen molar-refractivity contribution in [2.75, 3.05) is 0 Å². The molecule has 0 bridgehead atoms. The summed E-state index contributed by atoms with van der Waals surface area (Å²) < 4.78 is 22.3. The van der Waals surface area contributed by atoms with Gasteiger partial charge in [-0.05, 0) is 17.5 Å². The van der Waals surface area contributed by atoms with E-state index in [2.05, 4.69) is 0 Å². The van der Waals surface area contributed by atoms with Crippen molar-refractivity contribution in [2.45, 2.75) is 24.7 Å². The second kappa shape index (κ2) is 5.74. The molecule has 14 heavy (non-hydrogen) atoms. The van der Waals surface area contributed by atoms with Gasteiger partial charge in [0.15, 0.2) is 0 Å². The van der Waals surface area contributed by atoms with Crippen LogP contribution in [0.25, 0.3) is 0 Å². The first-order valence-electron chi connectivity index (χ1n) is 4.04. The SMILES string of the molecule is CC(C)c1ccccc1S(N)(=O)=O.[K+]. The fourth-order valence-electron chi connectivity index (χ4n) is 1.22. The smallest absolute Gasteiger partial charge is 0.225 e. The zero-order valence-corrected chi connectivity index (χ0v) is 12.6. The summed E-state index contributed by atoms with van der Waals surface area (Å²) in [6.07, 6.45) is 0. The molecule has 3 nitrogen and oxygen atoms in total. The zero-order valence-electron chi connectivity index (χ0n) is 8.69. The van der Waals surface area contributed by atoms with E-state index in [1.165, 1.54) is 6.07 Å². The summed E-state index contributed by atoms with van der Waals surface area (Å²) in [5.41, 5.74) is 0.769. The van der Waals surface area contributed by atoms with Gasteiger partial charge in [0.2, 0.25) is 10.0 Å². The number of sulfonamides is 1. The van der Waals surface area contributed by atoms with Gasteiger partial charge in [-0.2, -0.15) is 0 Å². The Bertz CT molecular complexity index is 401. The average Bonchev–Trinajstić information content (AvgIpc) is 2.03. The van der Waals surface area contributed by atoms with Gasteiger partial charge in [-0.3, -0.25) is 0 Å². The summed E-state index contributed by atoms with van der Waals surface area (Å²) in [5.74, 6) is 0.162. The van der Waals surface area contributed by atoms with Crippen molar-refractivity contribution < 1.29 is 59.8 Å². The minimum absolute atomic E-state index is 0. The molecule has 0 amide bonds. The van der Waals surface area contributed by atoms with Crippen LogP contribution in [-0.2, 0) is 10.0 Å². The Morgan fingerprint density at radius 1 is 1.21 bits per heavy atom. The standard InChI is InChI=1S/C9H13NO2S.K/c1-7(2)8-5-3-4-6-9(8)13(10,11)12;/h3-7H,1-2H3,(H2,10,11,12);/q;+1. The third-order valence-corrected chi connectivity index (χ3v) is 2.83. The first-order chi connectivity index (χ1) is 5.93. The van der Waals surface area contributed by atoms with Crippen LogP contribution in [0.3, 0.4) is 0 Å². The van der Waals surface area contributed by atoms with Crippen molar-refractivity contribution >= 4 is 10.0 Å². The zero-order chi connectivity index (χ0) is 10.1. The first kappa shape index (κ1) is 14.8. The van der Waals surface area contributed by atoms with E-state index in [1.807, 2.05) is 19.9 Å². The third kappa shape index (κ3) is 3.73. The number of rotatable bonds is 2. The third-order valence-electron chi connectivity index (χ3n) is 1.85. The van der Waals surface area contributed by atoms with E-state index in [1.54, 1.807) is 12.1 Å². The number of nitrogens with two attached hydrogens (primary N) is 1. The predicted molar refractivity (Wildman–Crippen MR) is 51.9 cm³/mol. The molecule has 72 valence electrons. The van der Waals surface area contributed by atoms with Crippen molar-refractivity contribution in [3.8, 4) is 0 Å². The molecular formula is C9H13KNO2S+. The Hall–Kier alpha value is 0.766. The largest absolute Gasteiger partial charge is 1.00 e. The molecule has 0 spiro atoms. The van der Waals surface area contributed by atoms with E-state index in [0.717, 1.165) is 5.56 Å². The summed E-state index contributed by atoms with van der Waals surface area (Å²) in [5, 5.41) is 5.07. The van der Waals surface area contributed by atoms with E-state index < -0.39 is 10.0 Å². The van der Waals surface area contributed by atoms with Gasteiger partial charge in [0.1, 0.15) is 0 Å². The van der Waals surface area contributed by atoms with Crippen LogP contribution in [0.4, 0.5) is 0 Å². The molecule has 0 saturated carbocycles. The van der Waals surface area contributed by atoms with Gasteiger partial charge in [0.05, 0.1) is 4.90 Å². The molecule has 0 aliphatic carbocycles. The van der Waals surface area contributed by atoms with E-state index in [-0.39, 0.29) is 62.2 Å². The normalized spacial score (nSPS) is 11.1. The second-order valence-electron chi connectivity index (χ2n) is 3.24. The van der Waals surface area contributed by atoms with Crippen LogP contribution in [0.5, 0.6) is 0 Å². The Balaban J connectivity index is 0.00000169. The topological polar surface area (TPSA) is 60.2 Å². The summed E-state index contributed by atoms with van der Waals surface area (Å²) in [7, 11) is -3.58. The molecule has 0 radical (unpaired) electrons. The number of hydrogen-bond acceptors (Lipinski definition) is 2. The molecular weight excluding hydrogens is 225 g/mol. The summed E-state index contributed by atoms with van der Waals surface area (Å²) in [6, 6.07) is 6.80. The number of hydrogen-bond donors (Lipinski definition) is 1. The molecule has 1 aromatic rings. The van der Waals surface area contributed by atoms with Gasteiger partial charge in [-0.1, -0.05) is 32.0 Å². The fourth-order valence-corrected chi connectivity index (χ4v) is 2.12. The molecule has 0 saturated heterocycles. The Morgan fingerprint density at radius 3 is 2.07 bits per heavy atom. The van der Waals surface area contributed by atoms with E-state index >= 15 is 0 Å². The summed E-state index contributed by atoms with van der Waals surface area (Å²) in [4.78, 5) is 0.227. The first-order valence-corrected chi connectivity index (χ1v) is 5.59. The van der Waals surface area contributed by atoms with Crippen LogP contribution in [0, 0.1) is 0 Å². The molecule has 5 heteroatoms. The van der Waals surface area contributed by atoms with Crippen molar-refractivity contribution in [3.05, 3.63) is 29.8 Å². The molecule has 0 unspecified atom stereocenters. The molecule has 1 aromatic carbocycles. The predicted octanol–water partition coefficient (Wildman–Crippen LogP) is -1.54. The summed E-state index contributed by atoms with van der Waals surface area (Å²) in [6.45, 7) is 3.87. The minimum atomic E-state index is -3.58. The molecule has 0 aliphatic rings. The number of primary sulfonamides is 1. The van der Waals surface area contributed by atoms with Crippen molar-refractivity contribution in [1.29, 1.82) is 0 Å².